The number of hydrogen-bond donors (Lipinski definition) is 2. The third kappa shape index (κ3) is 3.43. The minimum Gasteiger partial charge on any atom is -0.393 e. The minimum absolute atomic E-state index is 0.0281. The quantitative estimate of drug-likeness (QED) is 0.879. The first-order chi connectivity index (χ1) is 10.6. The summed E-state index contributed by atoms with van der Waals surface area (Å²) in [6.07, 6.45) is 5.11. The predicted molar refractivity (Wildman–Crippen MR) is 88.2 cm³/mol. The van der Waals surface area contributed by atoms with E-state index in [1.54, 1.807) is 0 Å². The molecule has 0 atom stereocenters. The van der Waals surface area contributed by atoms with Crippen molar-refractivity contribution < 1.29 is 9.90 Å². The molecule has 0 spiro atoms. The Hall–Kier alpha value is -1.55. The molecule has 1 saturated heterocycles. The van der Waals surface area contributed by atoms with Gasteiger partial charge in [-0.1, -0.05) is 6.92 Å². The van der Waals surface area contributed by atoms with Crippen molar-refractivity contribution in [2.24, 2.45) is 5.41 Å². The first-order valence-electron chi connectivity index (χ1n) is 8.43. The maximum absolute atomic E-state index is 12.2. The van der Waals surface area contributed by atoms with Crippen LogP contribution in [0.5, 0.6) is 0 Å². The lowest BCUT2D eigenvalue weighted by Crippen LogP contribution is -2.35. The van der Waals surface area contributed by atoms with Crippen molar-refractivity contribution in [3.8, 4) is 0 Å². The third-order valence-electron chi connectivity index (χ3n) is 5.29. The highest BCUT2D eigenvalue weighted by atomic mass is 16.3. The molecule has 4 nitrogen and oxygen atoms in total. The van der Waals surface area contributed by atoms with Gasteiger partial charge in [-0.05, 0) is 61.8 Å². The van der Waals surface area contributed by atoms with E-state index in [1.807, 2.05) is 24.3 Å². The molecule has 1 aromatic rings. The fourth-order valence-electron chi connectivity index (χ4n) is 3.15. The number of aliphatic hydroxyl groups is 1. The SMILES string of the molecule is CCC1(CNC(=O)c2ccc(N3CCC(O)CC3)cc2)CC1. The fourth-order valence-corrected chi connectivity index (χ4v) is 3.15. The van der Waals surface area contributed by atoms with Crippen LogP contribution in [0.3, 0.4) is 0 Å². The lowest BCUT2D eigenvalue weighted by atomic mass is 10.0. The van der Waals surface area contributed by atoms with E-state index < -0.39 is 0 Å². The number of nitrogens with zero attached hydrogens (tertiary/aromatic N) is 1. The van der Waals surface area contributed by atoms with Gasteiger partial charge in [0.2, 0.25) is 0 Å². The summed E-state index contributed by atoms with van der Waals surface area (Å²) in [5, 5.41) is 12.6. The molecule has 0 bridgehead atoms. The van der Waals surface area contributed by atoms with Gasteiger partial charge in [0.1, 0.15) is 0 Å². The van der Waals surface area contributed by atoms with Crippen LogP contribution in [0, 0.1) is 5.41 Å². The Bertz CT molecular complexity index is 514. The number of carbonyl (C=O) groups is 1. The standard InChI is InChI=1S/C18H26N2O2/c1-2-18(9-10-18)13-19-17(22)14-3-5-15(6-4-14)20-11-7-16(21)8-12-20/h3-6,16,21H,2,7-13H2,1H3,(H,19,22). The summed E-state index contributed by atoms with van der Waals surface area (Å²) in [7, 11) is 0. The molecule has 1 amide bonds. The number of aliphatic hydroxyl groups excluding tert-OH is 1. The number of anilines is 1. The number of nitrogens with one attached hydrogen (secondary N) is 1. The molecule has 4 heteroatoms. The summed E-state index contributed by atoms with van der Waals surface area (Å²) in [6, 6.07) is 7.83. The van der Waals surface area contributed by atoms with Gasteiger partial charge in [0, 0.05) is 30.9 Å². The molecule has 1 heterocycles. The van der Waals surface area contributed by atoms with E-state index in [0.717, 1.165) is 50.1 Å². The van der Waals surface area contributed by atoms with Crippen LogP contribution in [0.4, 0.5) is 5.69 Å². The van der Waals surface area contributed by atoms with Gasteiger partial charge in [-0.2, -0.15) is 0 Å². The first-order valence-corrected chi connectivity index (χ1v) is 8.43. The summed E-state index contributed by atoms with van der Waals surface area (Å²) in [5.74, 6) is 0.0281. The molecular formula is C18H26N2O2. The van der Waals surface area contributed by atoms with E-state index >= 15 is 0 Å². The van der Waals surface area contributed by atoms with Gasteiger partial charge in [0.25, 0.3) is 5.91 Å². The molecule has 120 valence electrons. The maximum Gasteiger partial charge on any atom is 0.251 e. The molecule has 0 aromatic heterocycles. The summed E-state index contributed by atoms with van der Waals surface area (Å²) in [4.78, 5) is 14.5. The topological polar surface area (TPSA) is 52.6 Å². The molecule has 1 aromatic carbocycles. The average Bonchev–Trinajstić information content (AvgIpc) is 3.34. The van der Waals surface area contributed by atoms with Crippen LogP contribution in [0.25, 0.3) is 0 Å². The molecule has 2 fully saturated rings. The summed E-state index contributed by atoms with van der Waals surface area (Å²) < 4.78 is 0. The van der Waals surface area contributed by atoms with Crippen LogP contribution >= 0.6 is 0 Å². The third-order valence-corrected chi connectivity index (χ3v) is 5.29. The van der Waals surface area contributed by atoms with Crippen LogP contribution in [-0.2, 0) is 0 Å². The van der Waals surface area contributed by atoms with E-state index in [-0.39, 0.29) is 12.0 Å². The Labute approximate surface area is 132 Å². The molecule has 2 N–H and O–H groups in total. The van der Waals surface area contributed by atoms with Gasteiger partial charge < -0.3 is 15.3 Å². The van der Waals surface area contributed by atoms with Crippen LogP contribution < -0.4 is 10.2 Å². The molecule has 22 heavy (non-hydrogen) atoms. The number of hydrogen-bond acceptors (Lipinski definition) is 3. The zero-order valence-corrected chi connectivity index (χ0v) is 13.3. The van der Waals surface area contributed by atoms with Crippen molar-refractivity contribution in [2.75, 3.05) is 24.5 Å². The van der Waals surface area contributed by atoms with Crippen molar-refractivity contribution in [3.05, 3.63) is 29.8 Å². The van der Waals surface area contributed by atoms with E-state index in [2.05, 4.69) is 17.1 Å². The van der Waals surface area contributed by atoms with Crippen molar-refractivity contribution in [3.63, 3.8) is 0 Å². The second-order valence-corrected chi connectivity index (χ2v) is 6.80. The smallest absolute Gasteiger partial charge is 0.251 e. The molecule has 1 aliphatic carbocycles. The second kappa shape index (κ2) is 6.29. The Morgan fingerprint density at radius 1 is 1.27 bits per heavy atom. The lowest BCUT2D eigenvalue weighted by molar-refractivity contribution is 0.0944. The van der Waals surface area contributed by atoms with Crippen molar-refractivity contribution in [2.45, 2.75) is 45.1 Å². The van der Waals surface area contributed by atoms with Gasteiger partial charge in [-0.3, -0.25) is 4.79 Å². The zero-order chi connectivity index (χ0) is 15.6. The average molecular weight is 302 g/mol. The summed E-state index contributed by atoms with van der Waals surface area (Å²) in [5.41, 5.74) is 2.24. The molecule has 2 aliphatic rings. The first kappa shape index (κ1) is 15.3. The van der Waals surface area contributed by atoms with Crippen molar-refractivity contribution in [1.29, 1.82) is 0 Å². The zero-order valence-electron chi connectivity index (χ0n) is 13.3. The van der Waals surface area contributed by atoms with E-state index in [9.17, 15) is 9.90 Å². The van der Waals surface area contributed by atoms with Crippen LogP contribution in [0.15, 0.2) is 24.3 Å². The Morgan fingerprint density at radius 3 is 2.45 bits per heavy atom. The van der Waals surface area contributed by atoms with E-state index in [4.69, 9.17) is 0 Å². The number of amides is 1. The predicted octanol–water partition coefficient (Wildman–Crippen LogP) is 2.57. The van der Waals surface area contributed by atoms with Gasteiger partial charge in [-0.25, -0.2) is 0 Å². The maximum atomic E-state index is 12.2. The molecule has 0 radical (unpaired) electrons. The van der Waals surface area contributed by atoms with Crippen molar-refractivity contribution in [1.82, 2.24) is 5.32 Å². The van der Waals surface area contributed by atoms with Gasteiger partial charge >= 0.3 is 0 Å². The van der Waals surface area contributed by atoms with Gasteiger partial charge in [0.05, 0.1) is 6.10 Å². The van der Waals surface area contributed by atoms with Crippen LogP contribution in [0.2, 0.25) is 0 Å². The number of piperidine rings is 1. The molecular weight excluding hydrogens is 276 g/mol. The van der Waals surface area contributed by atoms with Gasteiger partial charge in [-0.15, -0.1) is 0 Å². The van der Waals surface area contributed by atoms with Crippen molar-refractivity contribution >= 4 is 11.6 Å². The van der Waals surface area contributed by atoms with Crippen LogP contribution in [-0.4, -0.2) is 36.8 Å². The Balaban J connectivity index is 1.55. The largest absolute Gasteiger partial charge is 0.393 e. The van der Waals surface area contributed by atoms with E-state index in [0.29, 0.717) is 5.41 Å². The normalized spacial score (nSPS) is 20.7. The molecule has 1 aliphatic heterocycles. The van der Waals surface area contributed by atoms with Gasteiger partial charge in [0.15, 0.2) is 0 Å². The number of benzene rings is 1. The highest BCUT2D eigenvalue weighted by molar-refractivity contribution is 5.94. The Morgan fingerprint density at radius 2 is 1.91 bits per heavy atom. The fraction of sp³-hybridized carbons (Fsp3) is 0.611. The van der Waals surface area contributed by atoms with Crippen LogP contribution in [0.1, 0.15) is 49.4 Å². The highest BCUT2D eigenvalue weighted by Crippen LogP contribution is 2.47. The number of carbonyl (C=O) groups excluding carboxylic acids is 1. The summed E-state index contributed by atoms with van der Waals surface area (Å²) in [6.45, 7) is 4.76. The highest BCUT2D eigenvalue weighted by Gasteiger charge is 2.40. The lowest BCUT2D eigenvalue weighted by Gasteiger charge is -2.31. The Kier molecular flexibility index (Phi) is 4.39. The number of rotatable bonds is 5. The molecule has 0 unspecified atom stereocenters. The summed E-state index contributed by atoms with van der Waals surface area (Å²) >= 11 is 0. The molecule has 3 rings (SSSR count). The molecule has 1 saturated carbocycles. The second-order valence-electron chi connectivity index (χ2n) is 6.80. The van der Waals surface area contributed by atoms with E-state index in [1.165, 1.54) is 12.8 Å². The minimum atomic E-state index is -0.158. The monoisotopic (exact) mass is 302 g/mol.